The van der Waals surface area contributed by atoms with Crippen molar-refractivity contribution < 1.29 is 9.84 Å². The molecular weight excluding hydrogens is 204 g/mol. The molecule has 0 aromatic carbocycles. The molecule has 0 bridgehead atoms. The molecule has 16 heavy (non-hydrogen) atoms. The van der Waals surface area contributed by atoms with Gasteiger partial charge in [0.05, 0.1) is 12.8 Å². The second-order valence-electron chi connectivity index (χ2n) is 3.62. The van der Waals surface area contributed by atoms with Crippen LogP contribution < -0.4 is 10.5 Å². The summed E-state index contributed by atoms with van der Waals surface area (Å²) in [6.07, 6.45) is 7.57. The summed E-state index contributed by atoms with van der Waals surface area (Å²) in [5.74, 6) is 0.531. The quantitative estimate of drug-likeness (QED) is 0.798. The number of nitrogens with zero attached hydrogens (tertiary/aromatic N) is 1. The van der Waals surface area contributed by atoms with Crippen molar-refractivity contribution in [1.29, 1.82) is 0 Å². The Bertz CT molecular complexity index is 362. The fourth-order valence-corrected chi connectivity index (χ4v) is 1.24. The van der Waals surface area contributed by atoms with Gasteiger partial charge in [-0.15, -0.1) is 0 Å². The molecule has 0 spiro atoms. The molecule has 1 unspecified atom stereocenters. The van der Waals surface area contributed by atoms with E-state index in [9.17, 15) is 5.11 Å². The van der Waals surface area contributed by atoms with Crippen LogP contribution in [0.1, 0.15) is 25.8 Å². The van der Waals surface area contributed by atoms with Gasteiger partial charge in [-0.1, -0.05) is 12.2 Å². The van der Waals surface area contributed by atoms with Gasteiger partial charge < -0.3 is 15.6 Å². The maximum absolute atomic E-state index is 9.84. The third-order valence-electron chi connectivity index (χ3n) is 2.02. The van der Waals surface area contributed by atoms with Gasteiger partial charge in [0.15, 0.2) is 11.5 Å². The fourth-order valence-electron chi connectivity index (χ4n) is 1.24. The molecule has 1 atom stereocenters. The summed E-state index contributed by atoms with van der Waals surface area (Å²) in [7, 11) is 0. The number of aromatic hydroxyl groups is 1. The van der Waals surface area contributed by atoms with Crippen LogP contribution in [0.3, 0.4) is 0 Å². The zero-order valence-corrected chi connectivity index (χ0v) is 9.68. The molecule has 0 amide bonds. The van der Waals surface area contributed by atoms with Crippen molar-refractivity contribution >= 4 is 6.08 Å². The second-order valence-corrected chi connectivity index (χ2v) is 3.62. The van der Waals surface area contributed by atoms with Gasteiger partial charge in [-0.3, -0.25) is 4.98 Å². The average Bonchev–Trinajstić information content (AvgIpc) is 2.23. The number of ether oxygens (including phenoxy) is 1. The number of nitrogens with two attached hydrogens (primary N) is 1. The van der Waals surface area contributed by atoms with Crippen LogP contribution in [0.4, 0.5) is 0 Å². The van der Waals surface area contributed by atoms with E-state index in [2.05, 4.69) is 4.98 Å². The average molecular weight is 222 g/mol. The van der Waals surface area contributed by atoms with Crippen molar-refractivity contribution in [3.8, 4) is 11.5 Å². The highest BCUT2D eigenvalue weighted by Crippen LogP contribution is 2.29. The van der Waals surface area contributed by atoms with E-state index in [0.29, 0.717) is 17.9 Å². The first kappa shape index (κ1) is 12.5. The highest BCUT2D eigenvalue weighted by atomic mass is 16.5. The predicted octanol–water partition coefficient (Wildman–Crippen LogP) is 1.94. The monoisotopic (exact) mass is 222 g/mol. The van der Waals surface area contributed by atoms with Gasteiger partial charge in [0.1, 0.15) is 0 Å². The molecule has 0 aliphatic rings. The smallest absolute Gasteiger partial charge is 0.179 e. The Balaban J connectivity index is 2.80. The van der Waals surface area contributed by atoms with Crippen molar-refractivity contribution in [2.45, 2.75) is 26.3 Å². The molecule has 1 rings (SSSR count). The van der Waals surface area contributed by atoms with Gasteiger partial charge in [0.25, 0.3) is 0 Å². The molecular formula is C12H18N2O2. The maximum Gasteiger partial charge on any atom is 0.179 e. The van der Waals surface area contributed by atoms with Gasteiger partial charge >= 0.3 is 0 Å². The topological polar surface area (TPSA) is 68.4 Å². The SMILES string of the molecule is CCOc1cncc(C=CCC(C)N)c1O. The fraction of sp³-hybridized carbons (Fsp3) is 0.417. The molecule has 0 fully saturated rings. The summed E-state index contributed by atoms with van der Waals surface area (Å²) in [5.41, 5.74) is 6.26. The number of hydrogen-bond acceptors (Lipinski definition) is 4. The van der Waals surface area contributed by atoms with Gasteiger partial charge in [0.2, 0.25) is 0 Å². The third-order valence-corrected chi connectivity index (χ3v) is 2.02. The van der Waals surface area contributed by atoms with Crippen molar-refractivity contribution in [3.63, 3.8) is 0 Å². The van der Waals surface area contributed by atoms with Crippen LogP contribution in [0.15, 0.2) is 18.5 Å². The summed E-state index contributed by atoms with van der Waals surface area (Å²) < 4.78 is 5.23. The van der Waals surface area contributed by atoms with E-state index in [4.69, 9.17) is 10.5 Å². The van der Waals surface area contributed by atoms with Crippen molar-refractivity contribution in [2.24, 2.45) is 5.73 Å². The summed E-state index contributed by atoms with van der Waals surface area (Å²) in [6.45, 7) is 4.29. The highest BCUT2D eigenvalue weighted by molar-refractivity contribution is 5.59. The predicted molar refractivity (Wildman–Crippen MR) is 64.4 cm³/mol. The van der Waals surface area contributed by atoms with Crippen LogP contribution in [0.5, 0.6) is 11.5 Å². The van der Waals surface area contributed by atoms with Crippen LogP contribution in [0.2, 0.25) is 0 Å². The second kappa shape index (κ2) is 6.12. The summed E-state index contributed by atoms with van der Waals surface area (Å²) >= 11 is 0. The molecule has 0 saturated heterocycles. The number of rotatable bonds is 5. The molecule has 1 aromatic rings. The van der Waals surface area contributed by atoms with Gasteiger partial charge in [-0.05, 0) is 20.3 Å². The van der Waals surface area contributed by atoms with Gasteiger partial charge in [-0.2, -0.15) is 0 Å². The summed E-state index contributed by atoms with van der Waals surface area (Å²) in [6, 6.07) is 0.112. The maximum atomic E-state index is 9.84. The lowest BCUT2D eigenvalue weighted by Crippen LogP contribution is -2.12. The van der Waals surface area contributed by atoms with E-state index < -0.39 is 0 Å². The molecule has 0 aliphatic heterocycles. The van der Waals surface area contributed by atoms with E-state index in [1.807, 2.05) is 19.9 Å². The first-order valence-corrected chi connectivity index (χ1v) is 5.37. The number of hydrogen-bond donors (Lipinski definition) is 2. The molecule has 4 heteroatoms. The Labute approximate surface area is 95.8 Å². The zero-order valence-electron chi connectivity index (χ0n) is 9.68. The van der Waals surface area contributed by atoms with Crippen LogP contribution >= 0.6 is 0 Å². The first-order chi connectivity index (χ1) is 7.65. The number of pyridine rings is 1. The Morgan fingerprint density at radius 2 is 2.31 bits per heavy atom. The minimum Gasteiger partial charge on any atom is -0.504 e. The Morgan fingerprint density at radius 1 is 1.56 bits per heavy atom. The van der Waals surface area contributed by atoms with E-state index in [-0.39, 0.29) is 11.8 Å². The van der Waals surface area contributed by atoms with Gasteiger partial charge in [0, 0.05) is 17.8 Å². The van der Waals surface area contributed by atoms with E-state index >= 15 is 0 Å². The number of aromatic nitrogens is 1. The normalized spacial score (nSPS) is 12.9. The van der Waals surface area contributed by atoms with E-state index in [1.54, 1.807) is 12.3 Å². The van der Waals surface area contributed by atoms with Gasteiger partial charge in [-0.25, -0.2) is 0 Å². The molecule has 0 saturated carbocycles. The van der Waals surface area contributed by atoms with Crippen LogP contribution in [-0.4, -0.2) is 22.7 Å². The lowest BCUT2D eigenvalue weighted by Gasteiger charge is -2.06. The Morgan fingerprint density at radius 3 is 2.94 bits per heavy atom. The minimum absolute atomic E-state index is 0.112. The van der Waals surface area contributed by atoms with Crippen molar-refractivity contribution in [1.82, 2.24) is 4.98 Å². The Hall–Kier alpha value is -1.55. The molecule has 3 N–H and O–H groups in total. The molecule has 88 valence electrons. The highest BCUT2D eigenvalue weighted by Gasteiger charge is 2.05. The van der Waals surface area contributed by atoms with Crippen LogP contribution in [0.25, 0.3) is 6.08 Å². The summed E-state index contributed by atoms with van der Waals surface area (Å²) in [4.78, 5) is 3.99. The lowest BCUT2D eigenvalue weighted by molar-refractivity contribution is 0.316. The van der Waals surface area contributed by atoms with Crippen LogP contribution in [0, 0.1) is 0 Å². The van der Waals surface area contributed by atoms with Crippen molar-refractivity contribution in [2.75, 3.05) is 6.61 Å². The Kier molecular flexibility index (Phi) is 4.79. The molecule has 0 radical (unpaired) electrons. The molecule has 1 aromatic heterocycles. The zero-order chi connectivity index (χ0) is 12.0. The lowest BCUT2D eigenvalue weighted by atomic mass is 10.2. The van der Waals surface area contributed by atoms with Crippen LogP contribution in [-0.2, 0) is 0 Å². The largest absolute Gasteiger partial charge is 0.504 e. The minimum atomic E-state index is 0.112. The van der Waals surface area contributed by atoms with Crippen molar-refractivity contribution in [3.05, 3.63) is 24.0 Å². The molecule has 1 heterocycles. The van der Waals surface area contributed by atoms with E-state index in [1.165, 1.54) is 6.20 Å². The molecule has 0 aliphatic carbocycles. The third kappa shape index (κ3) is 3.55. The molecule has 4 nitrogen and oxygen atoms in total. The standard InChI is InChI=1S/C12H18N2O2/c1-3-16-11-8-14-7-10(12(11)15)6-4-5-9(2)13/h4,6-9H,3,5,13H2,1-2H3,(H,14,15). The summed E-state index contributed by atoms with van der Waals surface area (Å²) in [5, 5.41) is 9.84. The first-order valence-electron chi connectivity index (χ1n) is 5.37. The van der Waals surface area contributed by atoms with E-state index in [0.717, 1.165) is 6.42 Å².